The third-order valence-electron chi connectivity index (χ3n) is 5.15. The highest BCUT2D eigenvalue weighted by Crippen LogP contribution is 2.34. The van der Waals surface area contributed by atoms with Crippen LogP contribution in [0.3, 0.4) is 0 Å². The van der Waals surface area contributed by atoms with Gasteiger partial charge in [0.25, 0.3) is 0 Å². The average Bonchev–Trinajstić information content (AvgIpc) is 2.81. The SMILES string of the molecule is CCC(=O)OCCCCCOc1cc2oc(=O)c(-c3ccc(CC)cc3OC(F)(F)F)cc2cn1. The minimum absolute atomic E-state index is 0.0277. The number of aryl methyl sites for hydroxylation is 1. The molecule has 0 aliphatic heterocycles. The lowest BCUT2D eigenvalue weighted by molar-refractivity contribution is -0.274. The predicted octanol–water partition coefficient (Wildman–Crippen LogP) is 5.82. The second kappa shape index (κ2) is 11.7. The first-order valence-electron chi connectivity index (χ1n) is 11.3. The third-order valence-corrected chi connectivity index (χ3v) is 5.15. The lowest BCUT2D eigenvalue weighted by Gasteiger charge is -2.14. The minimum Gasteiger partial charge on any atom is -0.478 e. The van der Waals surface area contributed by atoms with Crippen LogP contribution in [0.1, 0.15) is 45.1 Å². The Balaban J connectivity index is 1.72. The third kappa shape index (κ3) is 7.46. The number of carbonyl (C=O) groups excluding carboxylic acids is 1. The number of rotatable bonds is 11. The molecule has 3 rings (SSSR count). The van der Waals surface area contributed by atoms with Crippen molar-refractivity contribution < 1.29 is 36.6 Å². The minimum atomic E-state index is -4.91. The Kier molecular flexibility index (Phi) is 8.73. The summed E-state index contributed by atoms with van der Waals surface area (Å²) in [5.41, 5.74) is -0.0892. The summed E-state index contributed by atoms with van der Waals surface area (Å²) in [5.74, 6) is -0.451. The molecule has 0 N–H and O–H groups in total. The van der Waals surface area contributed by atoms with Gasteiger partial charge in [-0.15, -0.1) is 13.2 Å². The van der Waals surface area contributed by atoms with Gasteiger partial charge in [0.1, 0.15) is 11.3 Å². The molecule has 0 radical (unpaired) electrons. The number of fused-ring (bicyclic) bond motifs is 1. The fourth-order valence-electron chi connectivity index (χ4n) is 3.33. The van der Waals surface area contributed by atoms with E-state index < -0.39 is 17.7 Å². The second-order valence-electron chi connectivity index (χ2n) is 7.72. The summed E-state index contributed by atoms with van der Waals surface area (Å²) in [6.45, 7) is 4.26. The van der Waals surface area contributed by atoms with Crippen LogP contribution in [0.15, 0.2) is 45.7 Å². The van der Waals surface area contributed by atoms with Crippen molar-refractivity contribution in [2.75, 3.05) is 13.2 Å². The normalized spacial score (nSPS) is 11.5. The van der Waals surface area contributed by atoms with Gasteiger partial charge in [0.05, 0.1) is 18.8 Å². The van der Waals surface area contributed by atoms with Gasteiger partial charge >= 0.3 is 18.0 Å². The molecule has 2 aromatic heterocycles. The highest BCUT2D eigenvalue weighted by molar-refractivity contribution is 5.83. The van der Waals surface area contributed by atoms with E-state index in [1.165, 1.54) is 30.5 Å². The number of alkyl halides is 3. The van der Waals surface area contributed by atoms with Gasteiger partial charge in [-0.1, -0.05) is 26.0 Å². The summed E-state index contributed by atoms with van der Waals surface area (Å²) in [6, 6.07) is 7.17. The molecule has 0 aliphatic carbocycles. The Morgan fingerprint density at radius 3 is 2.51 bits per heavy atom. The van der Waals surface area contributed by atoms with Crippen molar-refractivity contribution in [3.05, 3.63) is 52.5 Å². The first-order valence-corrected chi connectivity index (χ1v) is 11.3. The van der Waals surface area contributed by atoms with Crippen LogP contribution >= 0.6 is 0 Å². The molecule has 0 aliphatic rings. The van der Waals surface area contributed by atoms with Crippen molar-refractivity contribution in [2.45, 2.75) is 52.3 Å². The second-order valence-corrected chi connectivity index (χ2v) is 7.72. The van der Waals surface area contributed by atoms with Crippen LogP contribution in [0.25, 0.3) is 22.1 Å². The zero-order valence-corrected chi connectivity index (χ0v) is 19.4. The van der Waals surface area contributed by atoms with Crippen molar-refractivity contribution in [1.29, 1.82) is 0 Å². The van der Waals surface area contributed by atoms with Crippen LogP contribution < -0.4 is 15.1 Å². The maximum absolute atomic E-state index is 12.9. The highest BCUT2D eigenvalue weighted by atomic mass is 19.4. The Labute approximate surface area is 199 Å². The number of hydrogen-bond acceptors (Lipinski definition) is 7. The number of unbranched alkanes of at least 4 members (excludes halogenated alkanes) is 2. The zero-order chi connectivity index (χ0) is 25.4. The number of pyridine rings is 1. The van der Waals surface area contributed by atoms with E-state index >= 15 is 0 Å². The molecule has 0 spiro atoms. The molecule has 1 aromatic carbocycles. The van der Waals surface area contributed by atoms with Crippen LogP contribution in [0.2, 0.25) is 0 Å². The maximum atomic E-state index is 12.9. The van der Waals surface area contributed by atoms with Crippen LogP contribution in [0.5, 0.6) is 11.6 Å². The largest absolute Gasteiger partial charge is 0.573 e. The lowest BCUT2D eigenvalue weighted by Crippen LogP contribution is -2.18. The molecule has 35 heavy (non-hydrogen) atoms. The van der Waals surface area contributed by atoms with Crippen LogP contribution in [-0.4, -0.2) is 30.5 Å². The first-order chi connectivity index (χ1) is 16.7. The molecule has 0 amide bonds. The predicted molar refractivity (Wildman–Crippen MR) is 122 cm³/mol. The number of hydrogen-bond donors (Lipinski definition) is 0. The smallest absolute Gasteiger partial charge is 0.478 e. The van der Waals surface area contributed by atoms with Crippen molar-refractivity contribution in [2.24, 2.45) is 0 Å². The van der Waals surface area contributed by atoms with E-state index in [4.69, 9.17) is 13.9 Å². The van der Waals surface area contributed by atoms with Gasteiger partial charge in [0.15, 0.2) is 0 Å². The van der Waals surface area contributed by atoms with E-state index in [2.05, 4.69) is 9.72 Å². The van der Waals surface area contributed by atoms with E-state index in [1.54, 1.807) is 19.9 Å². The highest BCUT2D eigenvalue weighted by Gasteiger charge is 2.32. The Morgan fingerprint density at radius 2 is 1.80 bits per heavy atom. The molecule has 0 saturated heterocycles. The molecule has 0 fully saturated rings. The van der Waals surface area contributed by atoms with Gasteiger partial charge < -0.3 is 18.6 Å². The molecule has 0 saturated carbocycles. The van der Waals surface area contributed by atoms with Gasteiger partial charge in [-0.3, -0.25) is 4.79 Å². The fraction of sp³-hybridized carbons (Fsp3) is 0.400. The molecule has 0 unspecified atom stereocenters. The van der Waals surface area contributed by atoms with E-state index in [0.29, 0.717) is 43.4 Å². The van der Waals surface area contributed by atoms with Crippen molar-refractivity contribution in [3.63, 3.8) is 0 Å². The lowest BCUT2D eigenvalue weighted by atomic mass is 10.0. The van der Waals surface area contributed by atoms with Crippen molar-refractivity contribution >= 4 is 16.9 Å². The summed E-state index contributed by atoms with van der Waals surface area (Å²) < 4.78 is 58.9. The van der Waals surface area contributed by atoms with Gasteiger partial charge in [-0.25, -0.2) is 9.78 Å². The summed E-state index contributed by atoms with van der Waals surface area (Å²) >= 11 is 0. The number of halogens is 3. The topological polar surface area (TPSA) is 87.9 Å². The van der Waals surface area contributed by atoms with Crippen LogP contribution in [0, 0.1) is 0 Å². The van der Waals surface area contributed by atoms with E-state index in [9.17, 15) is 22.8 Å². The molecule has 10 heteroatoms. The zero-order valence-electron chi connectivity index (χ0n) is 19.4. The summed E-state index contributed by atoms with van der Waals surface area (Å²) in [7, 11) is 0. The number of benzene rings is 1. The number of carbonyl (C=O) groups is 1. The van der Waals surface area contributed by atoms with Crippen LogP contribution in [-0.2, 0) is 16.0 Å². The fourth-order valence-corrected chi connectivity index (χ4v) is 3.33. The number of nitrogens with zero attached hydrogens (tertiary/aromatic N) is 1. The Bertz CT molecular complexity index is 1220. The molecule has 7 nitrogen and oxygen atoms in total. The number of aromatic nitrogens is 1. The summed E-state index contributed by atoms with van der Waals surface area (Å²) in [6.07, 6.45) is -0.416. The standard InChI is InChI=1S/C25H26F3NO6/c1-3-16-8-9-18(21(12-16)35-25(26,27)28)19-13-17-15-29-22(14-20(17)34-24(19)31)32-10-6-5-7-11-33-23(30)4-2/h8-9,12-15H,3-7,10-11H2,1-2H3. The van der Waals surface area contributed by atoms with Gasteiger partial charge in [-0.2, -0.15) is 0 Å². The quantitative estimate of drug-likeness (QED) is 0.246. The first kappa shape index (κ1) is 26.1. The van der Waals surface area contributed by atoms with Crippen LogP contribution in [0.4, 0.5) is 13.2 Å². The Morgan fingerprint density at radius 1 is 1.03 bits per heavy atom. The Hall–Kier alpha value is -3.56. The van der Waals surface area contributed by atoms with Gasteiger partial charge in [0.2, 0.25) is 5.88 Å². The van der Waals surface area contributed by atoms with Gasteiger partial charge in [0, 0.05) is 29.6 Å². The van der Waals surface area contributed by atoms with Crippen molar-refractivity contribution in [3.8, 4) is 22.8 Å². The van der Waals surface area contributed by atoms with E-state index in [-0.39, 0.29) is 28.6 Å². The summed E-state index contributed by atoms with van der Waals surface area (Å²) in [4.78, 5) is 27.9. The molecule has 0 bridgehead atoms. The number of esters is 1. The molecule has 3 aromatic rings. The molecule has 188 valence electrons. The average molecular weight is 493 g/mol. The number of ether oxygens (including phenoxy) is 3. The van der Waals surface area contributed by atoms with E-state index in [1.807, 2.05) is 0 Å². The molecular weight excluding hydrogens is 467 g/mol. The summed E-state index contributed by atoms with van der Waals surface area (Å²) in [5, 5.41) is 0.419. The van der Waals surface area contributed by atoms with E-state index in [0.717, 1.165) is 12.8 Å². The van der Waals surface area contributed by atoms with Crippen molar-refractivity contribution in [1.82, 2.24) is 4.98 Å². The molecule has 0 atom stereocenters. The molecular formula is C25H26F3NO6. The molecule has 2 heterocycles. The maximum Gasteiger partial charge on any atom is 0.573 e. The monoisotopic (exact) mass is 493 g/mol. The van der Waals surface area contributed by atoms with Gasteiger partial charge in [-0.05, 0) is 43.4 Å².